The fourth-order valence-corrected chi connectivity index (χ4v) is 2.27. The first-order valence-electron chi connectivity index (χ1n) is 6.37. The van der Waals surface area contributed by atoms with Crippen LogP contribution in [0.2, 0.25) is 0 Å². The van der Waals surface area contributed by atoms with Gasteiger partial charge < -0.3 is 11.5 Å². The van der Waals surface area contributed by atoms with E-state index in [0.29, 0.717) is 5.39 Å². The second kappa shape index (κ2) is 4.97. The van der Waals surface area contributed by atoms with Gasteiger partial charge in [0.25, 0.3) is 5.91 Å². The van der Waals surface area contributed by atoms with Gasteiger partial charge in [0, 0.05) is 17.1 Å². The third-order valence-electron chi connectivity index (χ3n) is 3.38. The number of benzene rings is 1. The average molecular weight is 321 g/mol. The zero-order valence-electron chi connectivity index (χ0n) is 11.5. The normalized spacial score (nSPS) is 11.8. The molecule has 3 aromatic rings. The minimum Gasteiger partial charge on any atom is -0.383 e. The molecular weight excluding hydrogens is 311 g/mol. The molecule has 0 bridgehead atoms. The molecule has 0 aliphatic carbocycles. The molecule has 0 saturated heterocycles. The van der Waals surface area contributed by atoms with Crippen molar-refractivity contribution < 1.29 is 18.0 Å². The van der Waals surface area contributed by atoms with Crippen molar-refractivity contribution in [3.05, 3.63) is 41.7 Å². The van der Waals surface area contributed by atoms with Gasteiger partial charge in [-0.15, -0.1) is 0 Å². The van der Waals surface area contributed by atoms with Gasteiger partial charge in [-0.2, -0.15) is 18.3 Å². The molecule has 9 heteroatoms. The SMILES string of the molecule is NC(=O)c1cc(-c2cc(C(F)(F)F)cc3[nH]ncc23)cnc1N. The Morgan fingerprint density at radius 3 is 2.57 bits per heavy atom. The van der Waals surface area contributed by atoms with Crippen LogP contribution in [0, 0.1) is 0 Å². The number of primary amides is 1. The number of rotatable bonds is 2. The molecule has 0 aliphatic rings. The molecule has 2 aromatic heterocycles. The van der Waals surface area contributed by atoms with Crippen LogP contribution in [0.3, 0.4) is 0 Å². The molecule has 6 nitrogen and oxygen atoms in total. The Bertz CT molecular complexity index is 916. The van der Waals surface area contributed by atoms with Gasteiger partial charge in [-0.25, -0.2) is 4.98 Å². The van der Waals surface area contributed by atoms with E-state index in [4.69, 9.17) is 11.5 Å². The monoisotopic (exact) mass is 321 g/mol. The first kappa shape index (κ1) is 14.8. The molecule has 0 saturated carbocycles. The number of pyridine rings is 1. The van der Waals surface area contributed by atoms with Gasteiger partial charge in [0.1, 0.15) is 5.82 Å². The predicted octanol–water partition coefficient (Wildman–Crippen LogP) is 2.32. The Morgan fingerprint density at radius 2 is 1.91 bits per heavy atom. The van der Waals surface area contributed by atoms with Crippen LogP contribution in [0.15, 0.2) is 30.6 Å². The van der Waals surface area contributed by atoms with Crippen LogP contribution in [0.25, 0.3) is 22.0 Å². The lowest BCUT2D eigenvalue weighted by Crippen LogP contribution is -2.14. The lowest BCUT2D eigenvalue weighted by molar-refractivity contribution is -0.137. The number of aromatic nitrogens is 3. The second-order valence-corrected chi connectivity index (χ2v) is 4.87. The Kier molecular flexibility index (Phi) is 3.20. The van der Waals surface area contributed by atoms with Gasteiger partial charge in [0.15, 0.2) is 0 Å². The molecule has 0 radical (unpaired) electrons. The van der Waals surface area contributed by atoms with Crippen molar-refractivity contribution in [3.8, 4) is 11.1 Å². The maximum atomic E-state index is 13.0. The number of halogens is 3. The smallest absolute Gasteiger partial charge is 0.383 e. The number of nitrogens with one attached hydrogen (secondary N) is 1. The third-order valence-corrected chi connectivity index (χ3v) is 3.38. The summed E-state index contributed by atoms with van der Waals surface area (Å²) >= 11 is 0. The Hall–Kier alpha value is -3.10. The highest BCUT2D eigenvalue weighted by molar-refractivity contribution is 6.00. The number of hydrogen-bond donors (Lipinski definition) is 3. The number of nitrogen functional groups attached to an aromatic ring is 1. The second-order valence-electron chi connectivity index (χ2n) is 4.87. The van der Waals surface area contributed by atoms with Crippen LogP contribution in [0.5, 0.6) is 0 Å². The number of carbonyl (C=O) groups excluding carboxylic acids is 1. The maximum Gasteiger partial charge on any atom is 0.416 e. The van der Waals surface area contributed by atoms with E-state index in [-0.39, 0.29) is 28.0 Å². The van der Waals surface area contributed by atoms with Gasteiger partial charge in [-0.1, -0.05) is 0 Å². The van der Waals surface area contributed by atoms with Gasteiger partial charge in [0.05, 0.1) is 22.8 Å². The van der Waals surface area contributed by atoms with Crippen LogP contribution < -0.4 is 11.5 Å². The summed E-state index contributed by atoms with van der Waals surface area (Å²) in [4.78, 5) is 15.2. The number of nitrogens with two attached hydrogens (primary N) is 2. The van der Waals surface area contributed by atoms with Crippen LogP contribution in [-0.2, 0) is 6.18 Å². The standard InChI is InChI=1S/C14H10F3N5O/c15-14(16,17)7-2-8(10-5-21-22-11(10)3-7)6-1-9(13(19)23)12(18)20-4-6/h1-5H,(H2,18,20)(H2,19,23)(H,21,22). The maximum absolute atomic E-state index is 13.0. The predicted molar refractivity (Wildman–Crippen MR) is 77.3 cm³/mol. The summed E-state index contributed by atoms with van der Waals surface area (Å²) in [6.45, 7) is 0. The number of fused-ring (bicyclic) bond motifs is 1. The van der Waals surface area contributed by atoms with Crippen molar-refractivity contribution in [2.75, 3.05) is 5.73 Å². The third kappa shape index (κ3) is 2.56. The minimum absolute atomic E-state index is 0.0587. The minimum atomic E-state index is -4.53. The van der Waals surface area contributed by atoms with E-state index < -0.39 is 17.6 Å². The van der Waals surface area contributed by atoms with Crippen LogP contribution in [0.1, 0.15) is 15.9 Å². The van der Waals surface area contributed by atoms with Crippen molar-refractivity contribution in [1.82, 2.24) is 15.2 Å². The quantitative estimate of drug-likeness (QED) is 0.672. The Balaban J connectivity index is 2.29. The zero-order chi connectivity index (χ0) is 16.8. The van der Waals surface area contributed by atoms with Gasteiger partial charge >= 0.3 is 6.18 Å². The fraction of sp³-hybridized carbons (Fsp3) is 0.0714. The van der Waals surface area contributed by atoms with E-state index in [9.17, 15) is 18.0 Å². The van der Waals surface area contributed by atoms with E-state index in [1.807, 2.05) is 0 Å². The van der Waals surface area contributed by atoms with Crippen LogP contribution in [-0.4, -0.2) is 21.1 Å². The summed E-state index contributed by atoms with van der Waals surface area (Å²) in [5, 5.41) is 6.72. The first-order chi connectivity index (χ1) is 10.8. The molecule has 0 atom stereocenters. The topological polar surface area (TPSA) is 111 Å². The summed E-state index contributed by atoms with van der Waals surface area (Å²) in [5.74, 6) is -0.899. The number of anilines is 1. The molecule has 0 aliphatic heterocycles. The van der Waals surface area contributed by atoms with E-state index in [0.717, 1.165) is 12.1 Å². The lowest BCUT2D eigenvalue weighted by atomic mass is 9.99. The summed E-state index contributed by atoms with van der Waals surface area (Å²) in [6.07, 6.45) is -1.85. The molecule has 0 unspecified atom stereocenters. The van der Waals surface area contributed by atoms with E-state index in [1.165, 1.54) is 18.5 Å². The van der Waals surface area contributed by atoms with Gasteiger partial charge in [0.2, 0.25) is 0 Å². The summed E-state index contributed by atoms with van der Waals surface area (Å²) in [7, 11) is 0. The zero-order valence-corrected chi connectivity index (χ0v) is 11.5. The van der Waals surface area contributed by atoms with Crippen LogP contribution >= 0.6 is 0 Å². The van der Waals surface area contributed by atoms with Crippen molar-refractivity contribution in [2.45, 2.75) is 6.18 Å². The van der Waals surface area contributed by atoms with E-state index >= 15 is 0 Å². The van der Waals surface area contributed by atoms with Gasteiger partial charge in [-0.3, -0.25) is 9.89 Å². The molecule has 0 spiro atoms. The molecule has 5 N–H and O–H groups in total. The molecule has 0 fully saturated rings. The summed E-state index contributed by atoms with van der Waals surface area (Å²) in [6, 6.07) is 3.24. The Morgan fingerprint density at radius 1 is 1.17 bits per heavy atom. The molecule has 118 valence electrons. The van der Waals surface area contributed by atoms with Gasteiger partial charge in [-0.05, 0) is 23.8 Å². The highest BCUT2D eigenvalue weighted by Gasteiger charge is 2.32. The van der Waals surface area contributed by atoms with Crippen molar-refractivity contribution in [3.63, 3.8) is 0 Å². The van der Waals surface area contributed by atoms with Crippen LogP contribution in [0.4, 0.5) is 19.0 Å². The molecule has 3 rings (SSSR count). The van der Waals surface area contributed by atoms with Crippen molar-refractivity contribution >= 4 is 22.6 Å². The molecule has 23 heavy (non-hydrogen) atoms. The Labute approximate surface area is 127 Å². The number of amides is 1. The van der Waals surface area contributed by atoms with E-state index in [1.54, 1.807) is 0 Å². The number of nitrogens with zero attached hydrogens (tertiary/aromatic N) is 2. The number of hydrogen-bond acceptors (Lipinski definition) is 4. The number of H-pyrrole nitrogens is 1. The van der Waals surface area contributed by atoms with Crippen molar-refractivity contribution in [2.24, 2.45) is 5.73 Å². The number of alkyl halides is 3. The average Bonchev–Trinajstić information content (AvgIpc) is 2.94. The molecular formula is C14H10F3N5O. The number of carbonyl (C=O) groups is 1. The fourth-order valence-electron chi connectivity index (χ4n) is 2.27. The lowest BCUT2D eigenvalue weighted by Gasteiger charge is -2.11. The highest BCUT2D eigenvalue weighted by Crippen LogP contribution is 2.36. The summed E-state index contributed by atoms with van der Waals surface area (Å²) in [5.41, 5.74) is 10.6. The molecule has 2 heterocycles. The highest BCUT2D eigenvalue weighted by atomic mass is 19.4. The first-order valence-corrected chi connectivity index (χ1v) is 6.37. The largest absolute Gasteiger partial charge is 0.416 e. The molecule has 1 aromatic carbocycles. The van der Waals surface area contributed by atoms with Crippen molar-refractivity contribution in [1.29, 1.82) is 0 Å². The summed E-state index contributed by atoms with van der Waals surface area (Å²) < 4.78 is 39.1. The molecule has 1 amide bonds. The van der Waals surface area contributed by atoms with E-state index in [2.05, 4.69) is 15.2 Å². The number of aromatic amines is 1.